The Morgan fingerprint density at radius 1 is 1.44 bits per heavy atom. The maximum Gasteiger partial charge on any atom is 0.254 e. The molecule has 5 heteroatoms. The number of nitrogens with two attached hydrogens (primary N) is 1. The molecule has 0 heterocycles. The van der Waals surface area contributed by atoms with E-state index in [1.807, 2.05) is 13.8 Å². The average Bonchev–Trinajstić information content (AvgIpc) is 2.27. The van der Waals surface area contributed by atoms with Crippen molar-refractivity contribution in [3.63, 3.8) is 0 Å². The smallest absolute Gasteiger partial charge is 0.254 e. The number of aliphatic hydroxyl groups is 1. The van der Waals surface area contributed by atoms with Crippen LogP contribution in [-0.2, 0) is 0 Å². The Morgan fingerprint density at radius 3 is 2.61 bits per heavy atom. The molecule has 0 saturated carbocycles. The number of rotatable bonds is 5. The molecule has 0 radical (unpaired) electrons. The lowest BCUT2D eigenvalue weighted by Crippen LogP contribution is -2.38. The third-order valence-electron chi connectivity index (χ3n) is 2.61. The summed E-state index contributed by atoms with van der Waals surface area (Å²) < 4.78 is 0.789. The number of benzene rings is 1. The van der Waals surface area contributed by atoms with Gasteiger partial charge >= 0.3 is 0 Å². The van der Waals surface area contributed by atoms with Gasteiger partial charge < -0.3 is 15.7 Å². The molecule has 1 aromatic carbocycles. The van der Waals surface area contributed by atoms with Crippen molar-refractivity contribution in [2.24, 2.45) is 0 Å². The van der Waals surface area contributed by atoms with Crippen LogP contribution < -0.4 is 5.73 Å². The van der Waals surface area contributed by atoms with Crippen molar-refractivity contribution in [1.29, 1.82) is 0 Å². The molecule has 1 rings (SSSR count). The number of nitrogen functional groups attached to an aromatic ring is 1. The minimum Gasteiger partial charge on any atom is -0.399 e. The fraction of sp³-hybridized carbons (Fsp3) is 0.462. The standard InChI is InChI=1S/C13H19BrN2O2/c1-9(2)16(4-3-5-17)13(18)10-6-11(14)8-12(15)7-10/h6-9,17H,3-5,15H2,1-2H3. The van der Waals surface area contributed by atoms with E-state index in [0.717, 1.165) is 4.47 Å². The zero-order chi connectivity index (χ0) is 13.7. The Morgan fingerprint density at radius 2 is 2.11 bits per heavy atom. The quantitative estimate of drug-likeness (QED) is 0.819. The summed E-state index contributed by atoms with van der Waals surface area (Å²) in [5, 5.41) is 8.87. The summed E-state index contributed by atoms with van der Waals surface area (Å²) in [6.45, 7) is 4.53. The Kier molecular flexibility index (Phi) is 5.62. The maximum absolute atomic E-state index is 12.4. The highest BCUT2D eigenvalue weighted by Gasteiger charge is 2.18. The van der Waals surface area contributed by atoms with E-state index in [9.17, 15) is 4.79 Å². The van der Waals surface area contributed by atoms with Gasteiger partial charge in [0.25, 0.3) is 5.91 Å². The Bertz CT molecular complexity index is 401. The normalized spacial score (nSPS) is 10.7. The molecule has 0 bridgehead atoms. The summed E-state index contributed by atoms with van der Waals surface area (Å²) in [6.07, 6.45) is 0.577. The van der Waals surface area contributed by atoms with Gasteiger partial charge in [0.15, 0.2) is 0 Å². The van der Waals surface area contributed by atoms with Crippen molar-refractivity contribution >= 4 is 27.5 Å². The Hall–Kier alpha value is -1.07. The first-order valence-electron chi connectivity index (χ1n) is 5.93. The molecule has 1 amide bonds. The fourth-order valence-corrected chi connectivity index (χ4v) is 2.25. The molecule has 0 spiro atoms. The SMILES string of the molecule is CC(C)N(CCCO)C(=O)c1cc(N)cc(Br)c1. The minimum absolute atomic E-state index is 0.0635. The second-order valence-electron chi connectivity index (χ2n) is 4.44. The molecule has 0 atom stereocenters. The third kappa shape index (κ3) is 3.99. The summed E-state index contributed by atoms with van der Waals surface area (Å²) in [7, 11) is 0. The van der Waals surface area contributed by atoms with E-state index in [1.54, 1.807) is 23.1 Å². The van der Waals surface area contributed by atoms with Crippen LogP contribution in [0.1, 0.15) is 30.6 Å². The van der Waals surface area contributed by atoms with Crippen LogP contribution in [0.4, 0.5) is 5.69 Å². The maximum atomic E-state index is 12.4. The molecule has 100 valence electrons. The van der Waals surface area contributed by atoms with Gasteiger partial charge in [-0.2, -0.15) is 0 Å². The molecule has 3 N–H and O–H groups in total. The van der Waals surface area contributed by atoms with Crippen LogP contribution in [-0.4, -0.2) is 35.1 Å². The Labute approximate surface area is 116 Å². The molecule has 0 saturated heterocycles. The molecule has 0 fully saturated rings. The fourth-order valence-electron chi connectivity index (χ4n) is 1.74. The third-order valence-corrected chi connectivity index (χ3v) is 3.07. The van der Waals surface area contributed by atoms with Gasteiger partial charge in [0.05, 0.1) is 0 Å². The van der Waals surface area contributed by atoms with Gasteiger partial charge in [0.2, 0.25) is 0 Å². The number of hydrogen-bond donors (Lipinski definition) is 2. The molecular weight excluding hydrogens is 296 g/mol. The zero-order valence-electron chi connectivity index (χ0n) is 10.7. The highest BCUT2D eigenvalue weighted by atomic mass is 79.9. The van der Waals surface area contributed by atoms with Crippen molar-refractivity contribution in [2.75, 3.05) is 18.9 Å². The number of carbonyl (C=O) groups is 1. The molecule has 18 heavy (non-hydrogen) atoms. The van der Waals surface area contributed by atoms with Crippen LogP contribution in [0.2, 0.25) is 0 Å². The molecule has 0 unspecified atom stereocenters. The van der Waals surface area contributed by atoms with Gasteiger partial charge in [-0.3, -0.25) is 4.79 Å². The van der Waals surface area contributed by atoms with Crippen LogP contribution in [0.3, 0.4) is 0 Å². The lowest BCUT2D eigenvalue weighted by atomic mass is 10.1. The first-order chi connectivity index (χ1) is 8.45. The van der Waals surface area contributed by atoms with Crippen LogP contribution >= 0.6 is 15.9 Å². The summed E-state index contributed by atoms with van der Waals surface area (Å²) >= 11 is 3.33. The van der Waals surface area contributed by atoms with Gasteiger partial charge in [-0.1, -0.05) is 15.9 Å². The van der Waals surface area contributed by atoms with Crippen LogP contribution in [0, 0.1) is 0 Å². The van der Waals surface area contributed by atoms with E-state index in [2.05, 4.69) is 15.9 Å². The van der Waals surface area contributed by atoms with Gasteiger partial charge in [-0.25, -0.2) is 0 Å². The molecular formula is C13H19BrN2O2. The summed E-state index contributed by atoms with van der Waals surface area (Å²) in [5.74, 6) is -0.0635. The molecule has 0 aliphatic carbocycles. The molecule has 4 nitrogen and oxygen atoms in total. The minimum atomic E-state index is -0.0635. The van der Waals surface area contributed by atoms with Crippen LogP contribution in [0.25, 0.3) is 0 Å². The summed E-state index contributed by atoms with van der Waals surface area (Å²) in [5.41, 5.74) is 6.85. The summed E-state index contributed by atoms with van der Waals surface area (Å²) in [6, 6.07) is 5.27. The van der Waals surface area contributed by atoms with Crippen molar-refractivity contribution in [1.82, 2.24) is 4.90 Å². The topological polar surface area (TPSA) is 66.6 Å². The first kappa shape index (κ1) is 15.0. The molecule has 0 aliphatic rings. The number of aliphatic hydroxyl groups excluding tert-OH is 1. The molecule has 1 aromatic rings. The van der Waals surface area contributed by atoms with E-state index < -0.39 is 0 Å². The van der Waals surface area contributed by atoms with Gasteiger partial charge in [-0.15, -0.1) is 0 Å². The van der Waals surface area contributed by atoms with E-state index in [0.29, 0.717) is 24.2 Å². The van der Waals surface area contributed by atoms with Crippen molar-refractivity contribution in [3.05, 3.63) is 28.2 Å². The van der Waals surface area contributed by atoms with E-state index in [-0.39, 0.29) is 18.6 Å². The lowest BCUT2D eigenvalue weighted by molar-refractivity contribution is 0.0693. The highest BCUT2D eigenvalue weighted by molar-refractivity contribution is 9.10. The number of halogens is 1. The molecule has 0 aliphatic heterocycles. The van der Waals surface area contributed by atoms with E-state index >= 15 is 0 Å². The van der Waals surface area contributed by atoms with Crippen LogP contribution in [0.5, 0.6) is 0 Å². The number of amides is 1. The lowest BCUT2D eigenvalue weighted by Gasteiger charge is -2.26. The molecule has 0 aromatic heterocycles. The number of hydrogen-bond acceptors (Lipinski definition) is 3. The largest absolute Gasteiger partial charge is 0.399 e. The monoisotopic (exact) mass is 314 g/mol. The van der Waals surface area contributed by atoms with E-state index in [1.165, 1.54) is 0 Å². The average molecular weight is 315 g/mol. The summed E-state index contributed by atoms with van der Waals surface area (Å²) in [4.78, 5) is 14.1. The predicted molar refractivity (Wildman–Crippen MR) is 76.4 cm³/mol. The van der Waals surface area contributed by atoms with Gasteiger partial charge in [0.1, 0.15) is 0 Å². The number of anilines is 1. The first-order valence-corrected chi connectivity index (χ1v) is 6.73. The van der Waals surface area contributed by atoms with Crippen molar-refractivity contribution in [2.45, 2.75) is 26.3 Å². The van der Waals surface area contributed by atoms with Crippen LogP contribution in [0.15, 0.2) is 22.7 Å². The van der Waals surface area contributed by atoms with Gasteiger partial charge in [-0.05, 0) is 38.5 Å². The zero-order valence-corrected chi connectivity index (χ0v) is 12.3. The predicted octanol–water partition coefficient (Wildman–Crippen LogP) is 2.26. The van der Waals surface area contributed by atoms with Crippen molar-refractivity contribution < 1.29 is 9.90 Å². The van der Waals surface area contributed by atoms with Gasteiger partial charge in [0, 0.05) is 34.9 Å². The van der Waals surface area contributed by atoms with Crippen molar-refractivity contribution in [3.8, 4) is 0 Å². The van der Waals surface area contributed by atoms with E-state index in [4.69, 9.17) is 10.8 Å². The second-order valence-corrected chi connectivity index (χ2v) is 5.36. The second kappa shape index (κ2) is 6.75. The number of nitrogens with zero attached hydrogens (tertiary/aromatic N) is 1. The Balaban J connectivity index is 2.94. The number of carbonyl (C=O) groups excluding carboxylic acids is 1. The highest BCUT2D eigenvalue weighted by Crippen LogP contribution is 2.19.